The molecule has 0 saturated carbocycles. The zero-order valence-electron chi connectivity index (χ0n) is 22.6. The number of halogens is 3. The molecule has 0 bridgehead atoms. The lowest BCUT2D eigenvalue weighted by molar-refractivity contribution is -0.136. The molecule has 1 amide bonds. The number of aliphatic imine (C=N–C) groups is 1. The molecule has 0 fully saturated rings. The second-order valence-electron chi connectivity index (χ2n) is 8.21. The summed E-state index contributed by atoms with van der Waals surface area (Å²) in [4.78, 5) is 16.9. The third kappa shape index (κ3) is 14.2. The summed E-state index contributed by atoms with van der Waals surface area (Å²) in [5, 5.41) is 7.72. The third-order valence-corrected chi connectivity index (χ3v) is 4.30. The predicted octanol–water partition coefficient (Wildman–Crippen LogP) is 7.13. The molecule has 8 heteroatoms. The molecular formula is C28H41F3N4O. The number of carbonyl (C=O) groups excluding carboxylic acids is 1. The van der Waals surface area contributed by atoms with Gasteiger partial charge in [-0.1, -0.05) is 58.4 Å². The van der Waals surface area contributed by atoms with Gasteiger partial charge in [0.05, 0.1) is 5.71 Å². The van der Waals surface area contributed by atoms with Gasteiger partial charge in [0.1, 0.15) is 18.1 Å². The van der Waals surface area contributed by atoms with Gasteiger partial charge in [-0.3, -0.25) is 4.79 Å². The first-order valence-corrected chi connectivity index (χ1v) is 12.1. The van der Waals surface area contributed by atoms with Crippen LogP contribution in [0.2, 0.25) is 0 Å². The number of carbonyl (C=O) groups is 1. The smallest absolute Gasteiger partial charge is 0.384 e. The number of likely N-dealkylation sites (N-methyl/N-ethyl adjacent to an activating group) is 1. The van der Waals surface area contributed by atoms with Crippen molar-refractivity contribution in [3.05, 3.63) is 77.3 Å². The molecule has 0 aliphatic carbocycles. The van der Waals surface area contributed by atoms with Crippen molar-refractivity contribution in [2.45, 2.75) is 67.0 Å². The molecule has 36 heavy (non-hydrogen) atoms. The van der Waals surface area contributed by atoms with Gasteiger partial charge in [-0.05, 0) is 68.2 Å². The Bertz CT molecular complexity index is 953. The van der Waals surface area contributed by atoms with E-state index in [1.165, 1.54) is 19.5 Å². The van der Waals surface area contributed by atoms with Crippen molar-refractivity contribution >= 4 is 17.3 Å². The number of rotatable bonds is 11. The molecule has 5 nitrogen and oxygen atoms in total. The van der Waals surface area contributed by atoms with E-state index in [9.17, 15) is 18.0 Å². The van der Waals surface area contributed by atoms with Gasteiger partial charge in [0.15, 0.2) is 0 Å². The normalized spacial score (nSPS) is 12.7. The molecule has 0 radical (unpaired) electrons. The van der Waals surface area contributed by atoms with Crippen LogP contribution in [-0.4, -0.2) is 31.4 Å². The summed E-state index contributed by atoms with van der Waals surface area (Å²) in [6.07, 6.45) is 5.22. The Morgan fingerprint density at radius 3 is 2.17 bits per heavy atom. The summed E-state index contributed by atoms with van der Waals surface area (Å²) >= 11 is 0. The quantitative estimate of drug-likeness (QED) is 0.170. The van der Waals surface area contributed by atoms with Crippen LogP contribution in [0.15, 0.2) is 71.2 Å². The molecule has 200 valence electrons. The van der Waals surface area contributed by atoms with Crippen LogP contribution in [0.4, 0.5) is 18.9 Å². The molecule has 1 aromatic rings. The Labute approximate surface area is 214 Å². The molecule has 0 spiro atoms. The van der Waals surface area contributed by atoms with Crippen LogP contribution in [0.25, 0.3) is 0 Å². The standard InChI is InChI=1S/C25H33F3N4O.C3H8/c1-7-9-11-20(15-23(29-6)24(33)30-16-25(26,27)28)22(10-8-2)32-19(5)31-21-13-17(3)12-18(4)14-21;1-3-2/h8,10-15,29,31H,5,7,9,16H2,1-4,6H3,(H,30,33);3H2,1-2H3/b10-8-,20-11-,23-15-,32-22+;. The van der Waals surface area contributed by atoms with E-state index in [0.29, 0.717) is 23.5 Å². The van der Waals surface area contributed by atoms with Gasteiger partial charge in [0, 0.05) is 12.7 Å². The van der Waals surface area contributed by atoms with Crippen molar-refractivity contribution in [1.29, 1.82) is 0 Å². The highest BCUT2D eigenvalue weighted by molar-refractivity contribution is 6.12. The van der Waals surface area contributed by atoms with E-state index in [1.54, 1.807) is 12.2 Å². The van der Waals surface area contributed by atoms with Gasteiger partial charge in [0.2, 0.25) is 0 Å². The number of aryl methyl sites for hydroxylation is 2. The number of hydrogen-bond donors (Lipinski definition) is 3. The summed E-state index contributed by atoms with van der Waals surface area (Å²) in [7, 11) is 1.48. The number of unbranched alkanes of at least 4 members (excludes halogenated alkanes) is 1. The zero-order valence-corrected chi connectivity index (χ0v) is 22.6. The lowest BCUT2D eigenvalue weighted by atomic mass is 10.1. The minimum absolute atomic E-state index is 0.00770. The molecule has 1 aromatic carbocycles. The highest BCUT2D eigenvalue weighted by Crippen LogP contribution is 2.17. The van der Waals surface area contributed by atoms with Crippen molar-refractivity contribution in [2.24, 2.45) is 4.99 Å². The number of nitrogens with one attached hydrogen (secondary N) is 3. The maximum atomic E-state index is 12.5. The van der Waals surface area contributed by atoms with Gasteiger partial charge in [-0.25, -0.2) is 4.99 Å². The predicted molar refractivity (Wildman–Crippen MR) is 146 cm³/mol. The number of alkyl halides is 3. The molecule has 1 rings (SSSR count). The minimum Gasteiger partial charge on any atom is -0.384 e. The lowest BCUT2D eigenvalue weighted by Gasteiger charge is -2.13. The number of anilines is 1. The topological polar surface area (TPSA) is 65.5 Å². The lowest BCUT2D eigenvalue weighted by Crippen LogP contribution is -2.37. The van der Waals surface area contributed by atoms with Crippen molar-refractivity contribution in [1.82, 2.24) is 10.6 Å². The second kappa shape index (κ2) is 17.2. The van der Waals surface area contributed by atoms with Crippen LogP contribution < -0.4 is 16.0 Å². The molecule has 0 aliphatic rings. The second-order valence-corrected chi connectivity index (χ2v) is 8.21. The summed E-state index contributed by atoms with van der Waals surface area (Å²) in [5.74, 6) is -0.472. The number of amides is 1. The largest absolute Gasteiger partial charge is 0.405 e. The number of hydrogen-bond acceptors (Lipinski definition) is 4. The van der Waals surface area contributed by atoms with E-state index < -0.39 is 18.6 Å². The number of nitrogens with zero attached hydrogens (tertiary/aromatic N) is 1. The average Bonchev–Trinajstić information content (AvgIpc) is 2.77. The zero-order chi connectivity index (χ0) is 27.7. The van der Waals surface area contributed by atoms with Gasteiger partial charge < -0.3 is 16.0 Å². The van der Waals surface area contributed by atoms with E-state index in [2.05, 4.69) is 42.1 Å². The van der Waals surface area contributed by atoms with Crippen molar-refractivity contribution < 1.29 is 18.0 Å². The van der Waals surface area contributed by atoms with Crippen LogP contribution >= 0.6 is 0 Å². The van der Waals surface area contributed by atoms with Crippen LogP contribution in [0.1, 0.15) is 58.1 Å². The first-order valence-electron chi connectivity index (χ1n) is 12.1. The fraction of sp³-hybridized carbons (Fsp3) is 0.429. The Kier molecular flexibility index (Phi) is 15.6. The molecule has 3 N–H and O–H groups in total. The molecule has 0 heterocycles. The van der Waals surface area contributed by atoms with Gasteiger partial charge >= 0.3 is 6.18 Å². The van der Waals surface area contributed by atoms with E-state index in [0.717, 1.165) is 23.2 Å². The molecule has 0 atom stereocenters. The number of benzene rings is 1. The number of allylic oxidation sites excluding steroid dienone is 5. The summed E-state index contributed by atoms with van der Waals surface area (Å²) in [6.45, 7) is 14.6. The monoisotopic (exact) mass is 506 g/mol. The first-order chi connectivity index (χ1) is 16.9. The van der Waals surface area contributed by atoms with Crippen LogP contribution in [0.5, 0.6) is 0 Å². The summed E-state index contributed by atoms with van der Waals surface area (Å²) in [6, 6.07) is 6.00. The van der Waals surface area contributed by atoms with E-state index in [1.807, 2.05) is 51.2 Å². The third-order valence-electron chi connectivity index (χ3n) is 4.30. The Hall–Kier alpha value is -3.29. The highest BCUT2D eigenvalue weighted by atomic mass is 19.4. The van der Waals surface area contributed by atoms with E-state index >= 15 is 0 Å². The molecule has 0 aromatic heterocycles. The molecule has 0 saturated heterocycles. The van der Waals surface area contributed by atoms with Crippen LogP contribution in [0, 0.1) is 13.8 Å². The minimum atomic E-state index is -4.50. The maximum Gasteiger partial charge on any atom is 0.405 e. The Balaban J connectivity index is 0.00000387. The fourth-order valence-electron chi connectivity index (χ4n) is 2.96. The Morgan fingerprint density at radius 1 is 1.11 bits per heavy atom. The van der Waals surface area contributed by atoms with Crippen molar-refractivity contribution in [3.63, 3.8) is 0 Å². The SMILES string of the molecule is C=C(/N=C(\C=C/C)C(/C=C(\NC)C(=O)NCC(F)(F)F)=C\CCC)Nc1cc(C)cc(C)c1.CCC. The van der Waals surface area contributed by atoms with Crippen molar-refractivity contribution in [3.8, 4) is 0 Å². The van der Waals surface area contributed by atoms with Crippen molar-refractivity contribution in [2.75, 3.05) is 18.9 Å². The summed E-state index contributed by atoms with van der Waals surface area (Å²) < 4.78 is 37.5. The maximum absolute atomic E-state index is 12.5. The average molecular weight is 507 g/mol. The van der Waals surface area contributed by atoms with Gasteiger partial charge in [-0.2, -0.15) is 13.2 Å². The van der Waals surface area contributed by atoms with E-state index in [4.69, 9.17) is 0 Å². The van der Waals surface area contributed by atoms with Crippen LogP contribution in [-0.2, 0) is 4.79 Å². The van der Waals surface area contributed by atoms with Gasteiger partial charge in [-0.15, -0.1) is 0 Å². The first kappa shape index (κ1) is 32.7. The van der Waals surface area contributed by atoms with Gasteiger partial charge in [0.25, 0.3) is 5.91 Å². The summed E-state index contributed by atoms with van der Waals surface area (Å²) in [5.41, 5.74) is 4.13. The Morgan fingerprint density at radius 2 is 1.69 bits per heavy atom. The van der Waals surface area contributed by atoms with E-state index in [-0.39, 0.29) is 5.70 Å². The molecule has 0 aliphatic heterocycles. The molecule has 0 unspecified atom stereocenters. The van der Waals surface area contributed by atoms with Crippen LogP contribution in [0.3, 0.4) is 0 Å². The fourth-order valence-corrected chi connectivity index (χ4v) is 2.96. The highest BCUT2D eigenvalue weighted by Gasteiger charge is 2.28. The molecular weight excluding hydrogens is 465 g/mol.